The summed E-state index contributed by atoms with van der Waals surface area (Å²) in [5, 5.41) is 3.48. The highest BCUT2D eigenvalue weighted by atomic mass is 16.5. The van der Waals surface area contributed by atoms with E-state index in [4.69, 9.17) is 15.2 Å². The Morgan fingerprint density at radius 3 is 2.53 bits per heavy atom. The predicted octanol–water partition coefficient (Wildman–Crippen LogP) is 3.63. The zero-order chi connectivity index (χ0) is 22.7. The lowest BCUT2D eigenvalue weighted by molar-refractivity contribution is -0.119. The second kappa shape index (κ2) is 9.01. The summed E-state index contributed by atoms with van der Waals surface area (Å²) in [6.07, 6.45) is -0.419. The van der Waals surface area contributed by atoms with Gasteiger partial charge in [-0.2, -0.15) is 0 Å². The maximum absolute atomic E-state index is 13.4. The molecule has 0 unspecified atom stereocenters. The van der Waals surface area contributed by atoms with Gasteiger partial charge >= 0.3 is 0 Å². The number of nitrogens with zero attached hydrogens (tertiary/aromatic N) is 1. The molecule has 1 aliphatic heterocycles. The highest BCUT2D eigenvalue weighted by Crippen LogP contribution is 2.37. The number of nitrogens with one attached hydrogen (secondary N) is 1. The third kappa shape index (κ3) is 4.37. The number of anilines is 1. The van der Waals surface area contributed by atoms with Crippen molar-refractivity contribution in [1.82, 2.24) is 4.90 Å². The molecular weight excluding hydrogens is 406 g/mol. The summed E-state index contributed by atoms with van der Waals surface area (Å²) in [4.78, 5) is 26.3. The normalized spacial score (nSPS) is 15.0. The van der Waals surface area contributed by atoms with E-state index in [1.165, 1.54) is 7.11 Å². The van der Waals surface area contributed by atoms with Crippen molar-refractivity contribution >= 4 is 17.5 Å². The molecule has 7 nitrogen and oxygen atoms in total. The molecule has 3 aromatic rings. The number of primary amides is 1. The fraction of sp³-hybridized carbons (Fsp3) is 0.200. The molecule has 0 radical (unpaired) electrons. The number of fused-ring (bicyclic) bond motifs is 1. The zero-order valence-corrected chi connectivity index (χ0v) is 18.0. The second-order valence-corrected chi connectivity index (χ2v) is 7.68. The molecule has 0 saturated carbocycles. The number of para-hydroxylation sites is 1. The van der Waals surface area contributed by atoms with Gasteiger partial charge in [0.15, 0.2) is 18.1 Å². The van der Waals surface area contributed by atoms with Gasteiger partial charge in [0, 0.05) is 12.2 Å². The largest absolute Gasteiger partial charge is 0.493 e. The molecule has 2 amide bonds. The van der Waals surface area contributed by atoms with Crippen LogP contribution < -0.4 is 20.5 Å². The van der Waals surface area contributed by atoms with E-state index in [-0.39, 0.29) is 12.5 Å². The first-order valence-corrected chi connectivity index (χ1v) is 10.3. The number of amides is 2. The molecule has 7 heteroatoms. The van der Waals surface area contributed by atoms with Crippen LogP contribution in [-0.2, 0) is 11.3 Å². The van der Waals surface area contributed by atoms with Crippen LogP contribution in [0.5, 0.6) is 11.5 Å². The minimum absolute atomic E-state index is 0.0575. The Balaban J connectivity index is 1.71. The molecule has 0 aliphatic carbocycles. The summed E-state index contributed by atoms with van der Waals surface area (Å²) in [6.45, 7) is 2.22. The number of carbonyl (C=O) groups is 2. The topological polar surface area (TPSA) is 93.9 Å². The van der Waals surface area contributed by atoms with Crippen molar-refractivity contribution in [2.24, 2.45) is 5.73 Å². The molecule has 0 aromatic heterocycles. The fourth-order valence-electron chi connectivity index (χ4n) is 3.73. The van der Waals surface area contributed by atoms with Crippen LogP contribution >= 0.6 is 0 Å². The first kappa shape index (κ1) is 21.2. The average molecular weight is 431 g/mol. The Morgan fingerprint density at radius 1 is 1.06 bits per heavy atom. The van der Waals surface area contributed by atoms with Crippen molar-refractivity contribution < 1.29 is 19.1 Å². The lowest BCUT2D eigenvalue weighted by Crippen LogP contribution is -2.42. The number of aryl methyl sites for hydroxylation is 1. The highest BCUT2D eigenvalue weighted by Gasteiger charge is 2.33. The quantitative estimate of drug-likeness (QED) is 0.596. The molecule has 164 valence electrons. The predicted molar refractivity (Wildman–Crippen MR) is 122 cm³/mol. The van der Waals surface area contributed by atoms with Crippen LogP contribution in [0.15, 0.2) is 66.7 Å². The SMILES string of the molecule is COc1cc([C@H]2Nc3ccccc3C(=O)N2Cc2ccc(C)cc2)ccc1OCC(N)=O. The molecule has 1 aliphatic rings. The first-order chi connectivity index (χ1) is 15.5. The number of methoxy groups -OCH3 is 1. The van der Waals surface area contributed by atoms with Gasteiger partial charge in [0.25, 0.3) is 11.8 Å². The van der Waals surface area contributed by atoms with E-state index in [2.05, 4.69) is 5.32 Å². The number of hydrogen-bond donors (Lipinski definition) is 2. The van der Waals surface area contributed by atoms with E-state index in [9.17, 15) is 9.59 Å². The molecule has 3 N–H and O–H groups in total. The van der Waals surface area contributed by atoms with E-state index in [0.717, 1.165) is 22.4 Å². The van der Waals surface area contributed by atoms with E-state index in [1.807, 2.05) is 61.5 Å². The summed E-state index contributed by atoms with van der Waals surface area (Å²) in [7, 11) is 1.52. The molecule has 4 rings (SSSR count). The Bertz CT molecular complexity index is 1140. The van der Waals surface area contributed by atoms with Crippen molar-refractivity contribution in [3.8, 4) is 11.5 Å². The van der Waals surface area contributed by atoms with Gasteiger partial charge in [0.05, 0.1) is 12.7 Å². The van der Waals surface area contributed by atoms with Crippen LogP contribution in [0.25, 0.3) is 0 Å². The van der Waals surface area contributed by atoms with Crippen LogP contribution in [-0.4, -0.2) is 30.4 Å². The van der Waals surface area contributed by atoms with E-state index in [1.54, 1.807) is 17.0 Å². The number of rotatable bonds is 7. The van der Waals surface area contributed by atoms with Crippen molar-refractivity contribution in [2.75, 3.05) is 19.0 Å². The van der Waals surface area contributed by atoms with Crippen LogP contribution in [0.2, 0.25) is 0 Å². The van der Waals surface area contributed by atoms with E-state index < -0.39 is 12.1 Å². The first-order valence-electron chi connectivity index (χ1n) is 10.3. The summed E-state index contributed by atoms with van der Waals surface area (Å²) in [6, 6.07) is 21.0. The van der Waals surface area contributed by atoms with Crippen molar-refractivity contribution in [1.29, 1.82) is 0 Å². The Morgan fingerprint density at radius 2 is 1.81 bits per heavy atom. The summed E-state index contributed by atoms with van der Waals surface area (Å²) < 4.78 is 10.9. The number of nitrogens with two attached hydrogens (primary N) is 1. The molecule has 1 atom stereocenters. The van der Waals surface area contributed by atoms with E-state index in [0.29, 0.717) is 23.6 Å². The van der Waals surface area contributed by atoms with Gasteiger partial charge in [-0.25, -0.2) is 0 Å². The summed E-state index contributed by atoms with van der Waals surface area (Å²) in [5.74, 6) is 0.226. The Hall–Kier alpha value is -4.00. The van der Waals surface area contributed by atoms with Crippen molar-refractivity contribution in [2.45, 2.75) is 19.6 Å². The number of carbonyl (C=O) groups excluding carboxylic acids is 2. The third-order valence-electron chi connectivity index (χ3n) is 5.37. The van der Waals surface area contributed by atoms with Gasteiger partial charge in [-0.15, -0.1) is 0 Å². The Kier molecular flexibility index (Phi) is 5.98. The molecule has 32 heavy (non-hydrogen) atoms. The van der Waals surface area contributed by atoms with E-state index >= 15 is 0 Å². The maximum Gasteiger partial charge on any atom is 0.258 e. The molecule has 3 aromatic carbocycles. The van der Waals surface area contributed by atoms with Crippen LogP contribution in [0, 0.1) is 6.92 Å². The molecule has 1 heterocycles. The monoisotopic (exact) mass is 431 g/mol. The molecule has 0 bridgehead atoms. The van der Waals surface area contributed by atoms with Crippen molar-refractivity contribution in [3.63, 3.8) is 0 Å². The maximum atomic E-state index is 13.4. The summed E-state index contributed by atoms with van der Waals surface area (Å²) >= 11 is 0. The van der Waals surface area contributed by atoms with Gasteiger partial charge < -0.3 is 25.4 Å². The lowest BCUT2D eigenvalue weighted by Gasteiger charge is -2.38. The van der Waals surface area contributed by atoms with Crippen LogP contribution in [0.1, 0.15) is 33.2 Å². The van der Waals surface area contributed by atoms with Crippen molar-refractivity contribution in [3.05, 3.63) is 89.0 Å². The summed E-state index contributed by atoms with van der Waals surface area (Å²) in [5.41, 5.74) is 9.60. The standard InChI is InChI=1S/C25H25N3O4/c1-16-7-9-17(10-8-16)14-28-24(27-20-6-4-3-5-19(20)25(28)30)18-11-12-21(22(13-18)31-2)32-15-23(26)29/h3-13,24,27H,14-15H2,1-2H3,(H2,26,29)/t24-/m0/s1. The van der Waals surface area contributed by atoms with Gasteiger partial charge in [0.1, 0.15) is 6.17 Å². The molecule has 0 saturated heterocycles. The van der Waals surface area contributed by atoms with Crippen LogP contribution in [0.3, 0.4) is 0 Å². The molecule has 0 fully saturated rings. The van der Waals surface area contributed by atoms with Crippen LogP contribution in [0.4, 0.5) is 5.69 Å². The Labute approximate surface area is 186 Å². The lowest BCUT2D eigenvalue weighted by atomic mass is 10.0. The third-order valence-corrected chi connectivity index (χ3v) is 5.37. The smallest absolute Gasteiger partial charge is 0.258 e. The highest BCUT2D eigenvalue weighted by molar-refractivity contribution is 6.01. The number of ether oxygens (including phenoxy) is 2. The fourth-order valence-corrected chi connectivity index (χ4v) is 3.73. The van der Waals surface area contributed by atoms with Gasteiger partial charge in [-0.1, -0.05) is 48.0 Å². The minimum atomic E-state index is -0.573. The molecule has 0 spiro atoms. The molecular formula is C25H25N3O4. The van der Waals surface area contributed by atoms with Gasteiger partial charge in [-0.3, -0.25) is 9.59 Å². The number of hydrogen-bond acceptors (Lipinski definition) is 5. The van der Waals surface area contributed by atoms with Gasteiger partial charge in [-0.05, 0) is 42.3 Å². The number of benzene rings is 3. The average Bonchev–Trinajstić information content (AvgIpc) is 2.80. The minimum Gasteiger partial charge on any atom is -0.493 e. The van der Waals surface area contributed by atoms with Gasteiger partial charge in [0.2, 0.25) is 0 Å². The zero-order valence-electron chi connectivity index (χ0n) is 18.0. The second-order valence-electron chi connectivity index (χ2n) is 7.68.